The summed E-state index contributed by atoms with van der Waals surface area (Å²) in [4.78, 5) is 14.3. The highest BCUT2D eigenvalue weighted by Crippen LogP contribution is 2.25. The van der Waals surface area contributed by atoms with Gasteiger partial charge in [0.25, 0.3) is 15.9 Å². The van der Waals surface area contributed by atoms with Crippen LogP contribution in [0.1, 0.15) is 35.1 Å². The molecule has 1 heterocycles. The van der Waals surface area contributed by atoms with Crippen molar-refractivity contribution in [3.63, 3.8) is 0 Å². The molecule has 7 heteroatoms. The van der Waals surface area contributed by atoms with E-state index in [1.54, 1.807) is 13.8 Å². The van der Waals surface area contributed by atoms with Crippen molar-refractivity contribution in [1.82, 2.24) is 10.3 Å². The number of nitrogens with one attached hydrogen (secondary N) is 2. The third-order valence-electron chi connectivity index (χ3n) is 4.10. The maximum atomic E-state index is 12.5. The molecule has 1 atom stereocenters. The first-order chi connectivity index (χ1) is 10.2. The van der Waals surface area contributed by atoms with E-state index < -0.39 is 22.0 Å². The second-order valence-electron chi connectivity index (χ2n) is 5.69. The maximum Gasteiger partial charge on any atom is 0.264 e. The van der Waals surface area contributed by atoms with E-state index in [0.717, 1.165) is 17.5 Å². The minimum Gasteiger partial charge on any atom is -0.368 e. The van der Waals surface area contributed by atoms with Crippen LogP contribution >= 0.6 is 0 Å². The summed E-state index contributed by atoms with van der Waals surface area (Å²) in [5.41, 5.74) is 5.41. The van der Waals surface area contributed by atoms with Crippen LogP contribution in [0.5, 0.6) is 0 Å². The lowest BCUT2D eigenvalue weighted by molar-refractivity contribution is -0.130. The van der Waals surface area contributed by atoms with Crippen LogP contribution < -0.4 is 10.3 Å². The molecule has 1 aromatic carbocycles. The molecule has 2 N–H and O–H groups in total. The molecular weight excluding hydrogens is 304 g/mol. The molecule has 1 aromatic rings. The molecule has 1 saturated heterocycles. The molecule has 1 fully saturated rings. The van der Waals surface area contributed by atoms with E-state index in [1.807, 2.05) is 19.9 Å². The number of carbonyl (C=O) groups excluding carboxylic acids is 1. The van der Waals surface area contributed by atoms with Crippen molar-refractivity contribution >= 4 is 15.9 Å². The zero-order valence-corrected chi connectivity index (χ0v) is 14.1. The zero-order chi connectivity index (χ0) is 16.5. The lowest BCUT2D eigenvalue weighted by atomic mass is 10.0. The van der Waals surface area contributed by atoms with Gasteiger partial charge in [-0.25, -0.2) is 8.42 Å². The Balaban J connectivity index is 2.22. The molecule has 0 aliphatic carbocycles. The fourth-order valence-electron chi connectivity index (χ4n) is 2.62. The van der Waals surface area contributed by atoms with Gasteiger partial charge in [-0.15, -0.1) is 4.83 Å². The van der Waals surface area contributed by atoms with Crippen molar-refractivity contribution in [2.24, 2.45) is 0 Å². The summed E-state index contributed by atoms with van der Waals surface area (Å²) in [6, 6.07) is 1.95. The molecule has 6 nitrogen and oxygen atoms in total. The quantitative estimate of drug-likeness (QED) is 0.819. The van der Waals surface area contributed by atoms with Crippen LogP contribution in [0.2, 0.25) is 0 Å². The molecule has 2 rings (SSSR count). The fourth-order valence-corrected chi connectivity index (χ4v) is 4.08. The number of hydrogen-bond donors (Lipinski definition) is 2. The third kappa shape index (κ3) is 3.31. The molecule has 0 aromatic heterocycles. The van der Waals surface area contributed by atoms with Crippen molar-refractivity contribution in [2.75, 3.05) is 6.61 Å². The van der Waals surface area contributed by atoms with Crippen LogP contribution in [-0.2, 0) is 19.6 Å². The molecule has 1 amide bonds. The Hall–Kier alpha value is -1.44. The predicted molar refractivity (Wildman–Crippen MR) is 82.8 cm³/mol. The van der Waals surface area contributed by atoms with Gasteiger partial charge in [0.15, 0.2) is 0 Å². The Kier molecular flexibility index (Phi) is 4.89. The number of sulfonamides is 1. The highest BCUT2D eigenvalue weighted by molar-refractivity contribution is 7.89. The number of benzene rings is 1. The summed E-state index contributed by atoms with van der Waals surface area (Å²) in [6.45, 7) is 7.79. The highest BCUT2D eigenvalue weighted by atomic mass is 32.2. The smallest absolute Gasteiger partial charge is 0.264 e. The minimum absolute atomic E-state index is 0.220. The zero-order valence-electron chi connectivity index (χ0n) is 13.3. The fraction of sp³-hybridized carbons (Fsp3) is 0.533. The number of ether oxygens (including phenoxy) is 1. The van der Waals surface area contributed by atoms with E-state index in [1.165, 1.54) is 0 Å². The molecule has 122 valence electrons. The van der Waals surface area contributed by atoms with Gasteiger partial charge in [0, 0.05) is 6.61 Å². The van der Waals surface area contributed by atoms with E-state index in [2.05, 4.69) is 10.3 Å². The molecule has 1 aliphatic heterocycles. The molecule has 22 heavy (non-hydrogen) atoms. The topological polar surface area (TPSA) is 84.5 Å². The van der Waals surface area contributed by atoms with Crippen molar-refractivity contribution in [1.29, 1.82) is 0 Å². The first-order valence-corrected chi connectivity index (χ1v) is 8.73. The number of aryl methyl sites for hydroxylation is 2. The van der Waals surface area contributed by atoms with Gasteiger partial charge in [-0.1, -0.05) is 6.07 Å². The van der Waals surface area contributed by atoms with Crippen molar-refractivity contribution < 1.29 is 17.9 Å². The van der Waals surface area contributed by atoms with Crippen molar-refractivity contribution in [3.8, 4) is 0 Å². The van der Waals surface area contributed by atoms with Crippen molar-refractivity contribution in [2.45, 2.75) is 51.5 Å². The Bertz CT molecular complexity index is 666. The van der Waals surface area contributed by atoms with Gasteiger partial charge in [-0.2, -0.15) is 0 Å². The van der Waals surface area contributed by atoms with Crippen LogP contribution in [0.15, 0.2) is 11.0 Å². The summed E-state index contributed by atoms with van der Waals surface area (Å²) in [6.07, 6.45) is 0.833. The summed E-state index contributed by atoms with van der Waals surface area (Å²) < 4.78 is 30.3. The van der Waals surface area contributed by atoms with Crippen LogP contribution in [0, 0.1) is 27.7 Å². The molecular formula is C15H22N2O4S. The number of carbonyl (C=O) groups is 1. The first kappa shape index (κ1) is 16.9. The maximum absolute atomic E-state index is 12.5. The van der Waals surface area contributed by atoms with Gasteiger partial charge >= 0.3 is 0 Å². The summed E-state index contributed by atoms with van der Waals surface area (Å²) in [5, 5.41) is 0. The van der Waals surface area contributed by atoms with E-state index in [0.29, 0.717) is 24.2 Å². The Labute approximate surface area is 131 Å². The molecule has 0 spiro atoms. The van der Waals surface area contributed by atoms with Crippen LogP contribution in [0.4, 0.5) is 0 Å². The van der Waals surface area contributed by atoms with E-state index in [4.69, 9.17) is 4.74 Å². The van der Waals surface area contributed by atoms with E-state index >= 15 is 0 Å². The lowest BCUT2D eigenvalue weighted by Crippen LogP contribution is -2.46. The average Bonchev–Trinajstić information content (AvgIpc) is 2.97. The molecule has 1 unspecified atom stereocenters. The number of hydrazine groups is 1. The average molecular weight is 326 g/mol. The third-order valence-corrected chi connectivity index (χ3v) is 5.62. The second-order valence-corrected chi connectivity index (χ2v) is 7.31. The molecule has 0 saturated carbocycles. The van der Waals surface area contributed by atoms with Crippen LogP contribution in [0.3, 0.4) is 0 Å². The van der Waals surface area contributed by atoms with Gasteiger partial charge in [0.05, 0.1) is 4.90 Å². The molecule has 1 aliphatic rings. The molecule has 0 bridgehead atoms. The van der Waals surface area contributed by atoms with Crippen LogP contribution in [0.25, 0.3) is 0 Å². The van der Waals surface area contributed by atoms with Gasteiger partial charge < -0.3 is 4.74 Å². The Morgan fingerprint density at radius 1 is 1.18 bits per heavy atom. The lowest BCUT2D eigenvalue weighted by Gasteiger charge is -2.17. The standard InChI is InChI=1S/C15H22N2O4S/c1-9-8-10(2)12(4)14(11(9)3)22(19,20)17-16-15(18)13-6-5-7-21-13/h8,13,17H,5-7H2,1-4H3,(H,16,18). The Morgan fingerprint density at radius 2 is 1.77 bits per heavy atom. The van der Waals surface area contributed by atoms with E-state index in [9.17, 15) is 13.2 Å². The largest absolute Gasteiger partial charge is 0.368 e. The predicted octanol–water partition coefficient (Wildman–Crippen LogP) is 1.41. The van der Waals surface area contributed by atoms with Crippen molar-refractivity contribution in [3.05, 3.63) is 28.3 Å². The number of amides is 1. The van der Waals surface area contributed by atoms with Gasteiger partial charge in [-0.3, -0.25) is 10.2 Å². The van der Waals surface area contributed by atoms with E-state index in [-0.39, 0.29) is 4.90 Å². The van der Waals surface area contributed by atoms with Gasteiger partial charge in [0.1, 0.15) is 6.10 Å². The Morgan fingerprint density at radius 3 is 2.27 bits per heavy atom. The summed E-state index contributed by atoms with van der Waals surface area (Å²) >= 11 is 0. The SMILES string of the molecule is Cc1cc(C)c(C)c(S(=O)(=O)NNC(=O)C2CCCO2)c1C. The van der Waals surface area contributed by atoms with Gasteiger partial charge in [-0.05, 0) is 62.8 Å². The normalized spacial score (nSPS) is 18.5. The number of hydrogen-bond acceptors (Lipinski definition) is 4. The number of rotatable bonds is 4. The summed E-state index contributed by atoms with van der Waals surface area (Å²) in [5.74, 6) is -0.458. The van der Waals surface area contributed by atoms with Gasteiger partial charge in [0.2, 0.25) is 0 Å². The van der Waals surface area contributed by atoms with Crippen LogP contribution in [-0.4, -0.2) is 27.0 Å². The minimum atomic E-state index is -3.83. The molecule has 0 radical (unpaired) electrons. The highest BCUT2D eigenvalue weighted by Gasteiger charge is 2.27. The monoisotopic (exact) mass is 326 g/mol. The summed E-state index contributed by atoms with van der Waals surface area (Å²) in [7, 11) is -3.83. The second kappa shape index (κ2) is 6.36. The first-order valence-electron chi connectivity index (χ1n) is 7.24.